The minimum absolute atomic E-state index is 0.00193. The molecule has 2 aromatic carbocycles. The van der Waals surface area contributed by atoms with Crippen LogP contribution in [0.5, 0.6) is 0 Å². The lowest BCUT2D eigenvalue weighted by Crippen LogP contribution is -2.20. The summed E-state index contributed by atoms with van der Waals surface area (Å²) in [6.07, 6.45) is 2.37. The molecule has 124 valence electrons. The first kappa shape index (κ1) is 16.2. The predicted octanol–water partition coefficient (Wildman–Crippen LogP) is 4.46. The Balaban J connectivity index is 1.73. The molecular weight excluding hydrogens is 298 g/mol. The molecule has 0 radical (unpaired) electrons. The standard InChI is InChI=1S/C20H23N3O/c1-20(2,3)13-19(24)21-18-11-12-23(22-18)14-16-9-6-8-15-7-4-5-10-17(15)16/h4-12H,13-14H2,1-3H3,(H,21,22,24). The molecule has 1 N–H and O–H groups in total. The maximum atomic E-state index is 12.0. The molecule has 1 aromatic heterocycles. The smallest absolute Gasteiger partial charge is 0.226 e. The molecule has 1 amide bonds. The summed E-state index contributed by atoms with van der Waals surface area (Å²) in [6, 6.07) is 16.5. The van der Waals surface area contributed by atoms with Crippen LogP contribution in [0, 0.1) is 5.41 Å². The average molecular weight is 321 g/mol. The summed E-state index contributed by atoms with van der Waals surface area (Å²) in [7, 11) is 0. The Morgan fingerprint density at radius 2 is 1.83 bits per heavy atom. The van der Waals surface area contributed by atoms with Crippen LogP contribution in [-0.2, 0) is 11.3 Å². The molecule has 4 nitrogen and oxygen atoms in total. The van der Waals surface area contributed by atoms with E-state index in [0.29, 0.717) is 18.8 Å². The number of carbonyl (C=O) groups is 1. The number of benzene rings is 2. The molecule has 3 rings (SSSR count). The molecule has 3 aromatic rings. The Morgan fingerprint density at radius 1 is 1.08 bits per heavy atom. The third-order valence-electron chi connectivity index (χ3n) is 3.81. The van der Waals surface area contributed by atoms with Gasteiger partial charge >= 0.3 is 0 Å². The number of nitrogens with zero attached hydrogens (tertiary/aromatic N) is 2. The number of fused-ring (bicyclic) bond motifs is 1. The van der Waals surface area contributed by atoms with Gasteiger partial charge in [-0.3, -0.25) is 9.48 Å². The molecule has 0 aliphatic rings. The molecule has 0 bridgehead atoms. The van der Waals surface area contributed by atoms with E-state index in [1.165, 1.54) is 16.3 Å². The van der Waals surface area contributed by atoms with E-state index in [9.17, 15) is 4.79 Å². The van der Waals surface area contributed by atoms with E-state index < -0.39 is 0 Å². The van der Waals surface area contributed by atoms with E-state index in [0.717, 1.165) is 0 Å². The minimum atomic E-state index is -0.0321. The van der Waals surface area contributed by atoms with E-state index in [1.54, 1.807) is 0 Å². The van der Waals surface area contributed by atoms with Crippen molar-refractivity contribution in [3.63, 3.8) is 0 Å². The van der Waals surface area contributed by atoms with Crippen molar-refractivity contribution >= 4 is 22.5 Å². The Bertz CT molecular complexity index is 853. The highest BCUT2D eigenvalue weighted by Gasteiger charge is 2.16. The molecule has 0 saturated heterocycles. The molecule has 1 heterocycles. The van der Waals surface area contributed by atoms with Gasteiger partial charge in [0.25, 0.3) is 0 Å². The molecule has 4 heteroatoms. The van der Waals surface area contributed by atoms with E-state index >= 15 is 0 Å². The second-order valence-electron chi connectivity index (χ2n) is 7.32. The van der Waals surface area contributed by atoms with E-state index in [2.05, 4.69) is 40.7 Å². The molecule has 0 atom stereocenters. The van der Waals surface area contributed by atoms with Crippen LogP contribution in [0.1, 0.15) is 32.8 Å². The largest absolute Gasteiger partial charge is 0.309 e. The normalized spacial score (nSPS) is 11.6. The van der Waals surface area contributed by atoms with Gasteiger partial charge in [0.1, 0.15) is 0 Å². The van der Waals surface area contributed by atoms with Crippen molar-refractivity contribution < 1.29 is 4.79 Å². The molecule has 0 spiro atoms. The van der Waals surface area contributed by atoms with Gasteiger partial charge < -0.3 is 5.32 Å². The summed E-state index contributed by atoms with van der Waals surface area (Å²) in [5.41, 5.74) is 1.18. The van der Waals surface area contributed by atoms with E-state index in [4.69, 9.17) is 0 Å². The highest BCUT2D eigenvalue weighted by molar-refractivity contribution is 5.90. The second kappa shape index (κ2) is 6.48. The van der Waals surface area contributed by atoms with Crippen molar-refractivity contribution in [2.75, 3.05) is 5.32 Å². The third kappa shape index (κ3) is 4.02. The highest BCUT2D eigenvalue weighted by atomic mass is 16.1. The van der Waals surface area contributed by atoms with E-state index in [-0.39, 0.29) is 11.3 Å². The Hall–Kier alpha value is -2.62. The van der Waals surface area contributed by atoms with Gasteiger partial charge in [-0.2, -0.15) is 5.10 Å². The summed E-state index contributed by atoms with van der Waals surface area (Å²) in [5.74, 6) is 0.599. The molecule has 24 heavy (non-hydrogen) atoms. The average Bonchev–Trinajstić information content (AvgIpc) is 2.92. The number of rotatable bonds is 4. The first-order chi connectivity index (χ1) is 11.4. The van der Waals surface area contributed by atoms with Gasteiger partial charge in [0.2, 0.25) is 5.91 Å². The Kier molecular flexibility index (Phi) is 4.38. The van der Waals surface area contributed by atoms with Crippen LogP contribution in [0.2, 0.25) is 0 Å². The monoisotopic (exact) mass is 321 g/mol. The predicted molar refractivity (Wildman–Crippen MR) is 98.0 cm³/mol. The van der Waals surface area contributed by atoms with Crippen molar-refractivity contribution in [1.82, 2.24) is 9.78 Å². The van der Waals surface area contributed by atoms with Crippen molar-refractivity contribution in [1.29, 1.82) is 0 Å². The quantitative estimate of drug-likeness (QED) is 0.771. The fraction of sp³-hybridized carbons (Fsp3) is 0.300. The van der Waals surface area contributed by atoms with Crippen LogP contribution in [0.4, 0.5) is 5.82 Å². The number of carbonyl (C=O) groups excluding carboxylic acids is 1. The summed E-state index contributed by atoms with van der Waals surface area (Å²) in [5, 5.41) is 9.79. The van der Waals surface area contributed by atoms with Gasteiger partial charge in [0.05, 0.1) is 6.54 Å². The molecule has 0 unspecified atom stereocenters. The zero-order chi connectivity index (χ0) is 17.2. The number of hydrogen-bond acceptors (Lipinski definition) is 2. The maximum Gasteiger partial charge on any atom is 0.226 e. The van der Waals surface area contributed by atoms with Crippen molar-refractivity contribution in [2.45, 2.75) is 33.7 Å². The van der Waals surface area contributed by atoms with Crippen LogP contribution < -0.4 is 5.32 Å². The first-order valence-corrected chi connectivity index (χ1v) is 8.21. The maximum absolute atomic E-state index is 12.0. The first-order valence-electron chi connectivity index (χ1n) is 8.21. The Morgan fingerprint density at radius 3 is 2.62 bits per heavy atom. The van der Waals surface area contributed by atoms with Gasteiger partial charge in [0, 0.05) is 18.7 Å². The van der Waals surface area contributed by atoms with Gasteiger partial charge in [-0.25, -0.2) is 0 Å². The molecule has 0 saturated carbocycles. The van der Waals surface area contributed by atoms with Gasteiger partial charge in [-0.1, -0.05) is 63.2 Å². The van der Waals surface area contributed by atoms with Crippen molar-refractivity contribution in [2.24, 2.45) is 5.41 Å². The van der Waals surface area contributed by atoms with Crippen LogP contribution in [0.25, 0.3) is 10.8 Å². The third-order valence-corrected chi connectivity index (χ3v) is 3.81. The lowest BCUT2D eigenvalue weighted by atomic mass is 9.92. The topological polar surface area (TPSA) is 46.9 Å². The number of amides is 1. The molecule has 0 fully saturated rings. The molecular formula is C20H23N3O. The fourth-order valence-electron chi connectivity index (χ4n) is 2.79. The van der Waals surface area contributed by atoms with Gasteiger partial charge in [-0.15, -0.1) is 0 Å². The SMILES string of the molecule is CC(C)(C)CC(=O)Nc1ccn(Cc2cccc3ccccc23)n1. The fourth-order valence-corrected chi connectivity index (χ4v) is 2.79. The second-order valence-corrected chi connectivity index (χ2v) is 7.32. The summed E-state index contributed by atoms with van der Waals surface area (Å²) >= 11 is 0. The summed E-state index contributed by atoms with van der Waals surface area (Å²) in [4.78, 5) is 12.0. The van der Waals surface area contributed by atoms with Crippen LogP contribution >= 0.6 is 0 Å². The molecule has 0 aliphatic heterocycles. The summed E-state index contributed by atoms with van der Waals surface area (Å²) in [6.45, 7) is 6.82. The van der Waals surface area contributed by atoms with Gasteiger partial charge in [-0.05, 0) is 21.8 Å². The van der Waals surface area contributed by atoms with Crippen LogP contribution in [0.15, 0.2) is 54.7 Å². The van der Waals surface area contributed by atoms with Gasteiger partial charge in [0.15, 0.2) is 5.82 Å². The van der Waals surface area contributed by atoms with E-state index in [1.807, 2.05) is 49.8 Å². The zero-order valence-corrected chi connectivity index (χ0v) is 14.4. The lowest BCUT2D eigenvalue weighted by molar-refractivity contribution is -0.117. The number of hydrogen-bond donors (Lipinski definition) is 1. The lowest BCUT2D eigenvalue weighted by Gasteiger charge is -2.16. The number of nitrogens with one attached hydrogen (secondary N) is 1. The number of aromatic nitrogens is 2. The van der Waals surface area contributed by atoms with Crippen molar-refractivity contribution in [3.05, 3.63) is 60.3 Å². The molecule has 0 aliphatic carbocycles. The number of anilines is 1. The zero-order valence-electron chi connectivity index (χ0n) is 14.4. The van der Waals surface area contributed by atoms with Crippen LogP contribution in [-0.4, -0.2) is 15.7 Å². The highest BCUT2D eigenvalue weighted by Crippen LogP contribution is 2.21. The Labute approximate surface area is 142 Å². The minimum Gasteiger partial charge on any atom is -0.309 e. The van der Waals surface area contributed by atoms with Crippen LogP contribution in [0.3, 0.4) is 0 Å². The van der Waals surface area contributed by atoms with Crippen molar-refractivity contribution in [3.8, 4) is 0 Å². The summed E-state index contributed by atoms with van der Waals surface area (Å²) < 4.78 is 1.86.